The van der Waals surface area contributed by atoms with Gasteiger partial charge in [0, 0.05) is 19.1 Å². The SMILES string of the molecule is C=C(CC(=O)O)C(=O)OCC(=O)CCOC. The second-order valence-electron chi connectivity index (χ2n) is 3.03. The van der Waals surface area contributed by atoms with Gasteiger partial charge in [0.05, 0.1) is 13.0 Å². The maximum Gasteiger partial charge on any atom is 0.334 e. The van der Waals surface area contributed by atoms with E-state index in [2.05, 4.69) is 16.1 Å². The van der Waals surface area contributed by atoms with E-state index in [0.717, 1.165) is 0 Å². The number of carboxylic acids is 1. The highest BCUT2D eigenvalue weighted by Gasteiger charge is 2.13. The lowest BCUT2D eigenvalue weighted by Gasteiger charge is -2.04. The fraction of sp³-hybridized carbons (Fsp3) is 0.500. The summed E-state index contributed by atoms with van der Waals surface area (Å²) in [4.78, 5) is 32.4. The van der Waals surface area contributed by atoms with Crippen molar-refractivity contribution in [3.63, 3.8) is 0 Å². The fourth-order valence-electron chi connectivity index (χ4n) is 0.791. The minimum Gasteiger partial charge on any atom is -0.481 e. The third kappa shape index (κ3) is 6.72. The number of carbonyl (C=O) groups is 3. The molecule has 90 valence electrons. The lowest BCUT2D eigenvalue weighted by atomic mass is 10.2. The number of aliphatic carboxylic acids is 1. The van der Waals surface area contributed by atoms with Crippen LogP contribution in [0.1, 0.15) is 12.8 Å². The van der Waals surface area contributed by atoms with Gasteiger partial charge in [-0.3, -0.25) is 9.59 Å². The number of esters is 1. The van der Waals surface area contributed by atoms with Crippen LogP contribution in [-0.2, 0) is 23.9 Å². The zero-order valence-corrected chi connectivity index (χ0v) is 9.02. The number of rotatable bonds is 8. The van der Waals surface area contributed by atoms with E-state index in [1.165, 1.54) is 7.11 Å². The van der Waals surface area contributed by atoms with E-state index in [1.54, 1.807) is 0 Å². The van der Waals surface area contributed by atoms with Gasteiger partial charge in [-0.2, -0.15) is 0 Å². The summed E-state index contributed by atoms with van der Waals surface area (Å²) in [6.45, 7) is 3.11. The smallest absolute Gasteiger partial charge is 0.334 e. The molecule has 0 aromatic carbocycles. The monoisotopic (exact) mass is 230 g/mol. The molecule has 0 saturated heterocycles. The molecule has 1 N–H and O–H groups in total. The Morgan fingerprint density at radius 3 is 2.44 bits per heavy atom. The minimum absolute atomic E-state index is 0.148. The van der Waals surface area contributed by atoms with Crippen LogP contribution in [0.3, 0.4) is 0 Å². The third-order valence-electron chi connectivity index (χ3n) is 1.60. The van der Waals surface area contributed by atoms with Gasteiger partial charge in [-0.05, 0) is 0 Å². The predicted octanol–water partition coefficient (Wildman–Crippen LogP) is 0.166. The quantitative estimate of drug-likeness (QED) is 0.472. The Balaban J connectivity index is 3.84. The molecular formula is C10H14O6. The zero-order valence-electron chi connectivity index (χ0n) is 9.02. The molecule has 0 aromatic rings. The number of methoxy groups -OCH3 is 1. The first-order valence-corrected chi connectivity index (χ1v) is 4.54. The van der Waals surface area contributed by atoms with Gasteiger partial charge in [-0.1, -0.05) is 6.58 Å². The number of hydrogen-bond acceptors (Lipinski definition) is 5. The van der Waals surface area contributed by atoms with Crippen LogP contribution in [0.2, 0.25) is 0 Å². The Bertz CT molecular complexity index is 294. The molecule has 16 heavy (non-hydrogen) atoms. The standard InChI is InChI=1S/C10H14O6/c1-7(5-9(12)13)10(14)16-6-8(11)3-4-15-2/h1,3-6H2,2H3,(H,12,13). The van der Waals surface area contributed by atoms with Crippen LogP contribution in [0.15, 0.2) is 12.2 Å². The molecule has 0 atom stereocenters. The van der Waals surface area contributed by atoms with Crippen molar-refractivity contribution in [2.75, 3.05) is 20.3 Å². The minimum atomic E-state index is -1.17. The molecule has 0 unspecified atom stereocenters. The molecule has 6 nitrogen and oxygen atoms in total. The molecule has 0 aromatic heterocycles. The normalized spacial score (nSPS) is 9.56. The van der Waals surface area contributed by atoms with Crippen LogP contribution >= 0.6 is 0 Å². The molecule has 0 radical (unpaired) electrons. The van der Waals surface area contributed by atoms with E-state index in [0.29, 0.717) is 0 Å². The van der Waals surface area contributed by atoms with Crippen molar-refractivity contribution in [3.05, 3.63) is 12.2 Å². The lowest BCUT2D eigenvalue weighted by molar-refractivity contribution is -0.146. The van der Waals surface area contributed by atoms with Gasteiger partial charge in [0.25, 0.3) is 0 Å². The Hall–Kier alpha value is -1.69. The van der Waals surface area contributed by atoms with E-state index in [9.17, 15) is 14.4 Å². The van der Waals surface area contributed by atoms with Crippen molar-refractivity contribution in [3.8, 4) is 0 Å². The van der Waals surface area contributed by atoms with Gasteiger partial charge in [-0.25, -0.2) is 4.79 Å². The number of ether oxygens (including phenoxy) is 2. The van der Waals surface area contributed by atoms with Crippen molar-refractivity contribution >= 4 is 17.7 Å². The Labute approximate surface area is 92.8 Å². The van der Waals surface area contributed by atoms with Gasteiger partial charge in [0.2, 0.25) is 0 Å². The molecule has 0 bridgehead atoms. The van der Waals surface area contributed by atoms with Gasteiger partial charge in [0.15, 0.2) is 5.78 Å². The summed E-state index contributed by atoms with van der Waals surface area (Å²) >= 11 is 0. The molecule has 0 rings (SSSR count). The van der Waals surface area contributed by atoms with Crippen LogP contribution in [-0.4, -0.2) is 43.2 Å². The lowest BCUT2D eigenvalue weighted by Crippen LogP contribution is -2.17. The van der Waals surface area contributed by atoms with E-state index in [-0.39, 0.29) is 31.0 Å². The summed E-state index contributed by atoms with van der Waals surface area (Å²) in [5.41, 5.74) is -0.188. The number of Topliss-reactive ketones (excluding diaryl/α,β-unsaturated/α-hetero) is 1. The van der Waals surface area contributed by atoms with Crippen LogP contribution in [0.4, 0.5) is 0 Å². The highest BCUT2D eigenvalue weighted by molar-refractivity contribution is 5.94. The first-order valence-electron chi connectivity index (χ1n) is 4.54. The van der Waals surface area contributed by atoms with Gasteiger partial charge in [-0.15, -0.1) is 0 Å². The van der Waals surface area contributed by atoms with Crippen LogP contribution < -0.4 is 0 Å². The fourth-order valence-corrected chi connectivity index (χ4v) is 0.791. The van der Waals surface area contributed by atoms with Crippen LogP contribution in [0.25, 0.3) is 0 Å². The van der Waals surface area contributed by atoms with Crippen LogP contribution in [0.5, 0.6) is 0 Å². The summed E-state index contributed by atoms with van der Waals surface area (Å²) < 4.78 is 9.22. The average Bonchev–Trinajstić information content (AvgIpc) is 2.21. The number of ketones is 1. The summed E-state index contributed by atoms with van der Waals surface area (Å²) in [5, 5.41) is 8.37. The largest absolute Gasteiger partial charge is 0.481 e. The van der Waals surface area contributed by atoms with Crippen LogP contribution in [0, 0.1) is 0 Å². The molecule has 6 heteroatoms. The first kappa shape index (κ1) is 14.3. The van der Waals surface area contributed by atoms with Crippen molar-refractivity contribution in [1.82, 2.24) is 0 Å². The van der Waals surface area contributed by atoms with Gasteiger partial charge < -0.3 is 14.6 Å². The molecule has 0 aliphatic carbocycles. The second-order valence-corrected chi connectivity index (χ2v) is 3.03. The topological polar surface area (TPSA) is 89.9 Å². The molecule has 0 saturated carbocycles. The Kier molecular flexibility index (Phi) is 6.78. The maximum absolute atomic E-state index is 11.1. The number of hydrogen-bond donors (Lipinski definition) is 1. The van der Waals surface area contributed by atoms with Crippen molar-refractivity contribution in [2.24, 2.45) is 0 Å². The summed E-state index contributed by atoms with van der Waals surface area (Å²) in [6.07, 6.45) is -0.347. The highest BCUT2D eigenvalue weighted by atomic mass is 16.5. The third-order valence-corrected chi connectivity index (χ3v) is 1.60. The summed E-state index contributed by atoms with van der Waals surface area (Å²) in [7, 11) is 1.45. The molecule has 0 fully saturated rings. The number of carboxylic acid groups (broad SMARTS) is 1. The maximum atomic E-state index is 11.1. The van der Waals surface area contributed by atoms with Gasteiger partial charge in [0.1, 0.15) is 6.61 Å². The molecule has 0 spiro atoms. The zero-order chi connectivity index (χ0) is 12.6. The average molecular weight is 230 g/mol. The predicted molar refractivity (Wildman–Crippen MR) is 53.9 cm³/mol. The van der Waals surface area contributed by atoms with E-state index < -0.39 is 18.4 Å². The Morgan fingerprint density at radius 1 is 1.31 bits per heavy atom. The second kappa shape index (κ2) is 7.58. The van der Waals surface area contributed by atoms with Crippen molar-refractivity contribution in [1.29, 1.82) is 0 Å². The molecular weight excluding hydrogens is 216 g/mol. The van der Waals surface area contributed by atoms with Crippen molar-refractivity contribution < 1.29 is 29.0 Å². The summed E-state index contributed by atoms with van der Waals surface area (Å²) in [5.74, 6) is -2.33. The van der Waals surface area contributed by atoms with E-state index in [4.69, 9.17) is 5.11 Å². The van der Waals surface area contributed by atoms with Gasteiger partial charge >= 0.3 is 11.9 Å². The van der Waals surface area contributed by atoms with E-state index in [1.807, 2.05) is 0 Å². The molecule has 0 amide bonds. The molecule has 0 heterocycles. The van der Waals surface area contributed by atoms with Crippen molar-refractivity contribution in [2.45, 2.75) is 12.8 Å². The summed E-state index contributed by atoms with van der Waals surface area (Å²) in [6, 6.07) is 0. The molecule has 0 aliphatic heterocycles. The Morgan fingerprint density at radius 2 is 1.94 bits per heavy atom. The first-order chi connectivity index (χ1) is 7.47. The molecule has 0 aliphatic rings. The number of carbonyl (C=O) groups excluding carboxylic acids is 2. The van der Waals surface area contributed by atoms with E-state index >= 15 is 0 Å². The highest BCUT2D eigenvalue weighted by Crippen LogP contribution is 2.01.